The molecular formula is C47H32IrN2O-2. The molecule has 247 valence electrons. The Morgan fingerprint density at radius 3 is 1.96 bits per heavy atom. The maximum atomic E-state index is 6.28. The van der Waals surface area contributed by atoms with Crippen LogP contribution in [-0.2, 0) is 20.1 Å². The molecule has 3 aromatic heterocycles. The summed E-state index contributed by atoms with van der Waals surface area (Å²) < 4.78 is 6.28. The number of hydrogen-bond acceptors (Lipinski definition) is 3. The molecule has 0 amide bonds. The van der Waals surface area contributed by atoms with Crippen molar-refractivity contribution in [1.29, 1.82) is 0 Å². The van der Waals surface area contributed by atoms with Crippen LogP contribution < -0.4 is 0 Å². The van der Waals surface area contributed by atoms with E-state index in [1.165, 1.54) is 11.1 Å². The third-order valence-corrected chi connectivity index (χ3v) is 8.75. The van der Waals surface area contributed by atoms with Gasteiger partial charge in [0.2, 0.25) is 0 Å². The molecule has 0 saturated heterocycles. The second-order valence-corrected chi connectivity index (χ2v) is 12.1. The number of aromatic nitrogens is 2. The Kier molecular flexibility index (Phi) is 10.1. The number of aryl methyl sites for hydroxylation is 1. The Morgan fingerprint density at radius 2 is 1.18 bits per heavy atom. The summed E-state index contributed by atoms with van der Waals surface area (Å²) in [5.74, 6) is 0. The Labute approximate surface area is 311 Å². The molecule has 0 bridgehead atoms. The molecule has 3 heterocycles. The van der Waals surface area contributed by atoms with Crippen molar-refractivity contribution in [3.63, 3.8) is 0 Å². The van der Waals surface area contributed by atoms with E-state index in [-0.39, 0.29) is 20.1 Å². The molecule has 6 aromatic carbocycles. The molecule has 0 spiro atoms. The zero-order valence-corrected chi connectivity index (χ0v) is 30.3. The Hall–Kier alpha value is -5.93. The van der Waals surface area contributed by atoms with Crippen LogP contribution in [0.4, 0.5) is 0 Å². The molecule has 0 atom stereocenters. The SMILES string of the molecule is Cc1cccc(-c2[c-]cccc2)n1.[Ir].[c-]1ccc(-c2ccc(-c3cccc(-c4cccc5c4oc4ccccc45)c3)cc2)cc1-c1ccccn1. The predicted octanol–water partition coefficient (Wildman–Crippen LogP) is 12.3. The number of nitrogens with zero attached hydrogens (tertiary/aromatic N) is 2. The summed E-state index contributed by atoms with van der Waals surface area (Å²) in [7, 11) is 0. The molecule has 9 rings (SSSR count). The van der Waals surface area contributed by atoms with Crippen LogP contribution in [0.1, 0.15) is 5.69 Å². The van der Waals surface area contributed by atoms with Crippen LogP contribution in [0.15, 0.2) is 180 Å². The number of hydrogen-bond donors (Lipinski definition) is 0. The molecule has 0 aliphatic heterocycles. The first-order valence-corrected chi connectivity index (χ1v) is 16.6. The quantitative estimate of drug-likeness (QED) is 0.162. The summed E-state index contributed by atoms with van der Waals surface area (Å²) in [6.07, 6.45) is 1.81. The summed E-state index contributed by atoms with van der Waals surface area (Å²) in [5.41, 5.74) is 13.8. The van der Waals surface area contributed by atoms with E-state index in [1.54, 1.807) is 0 Å². The smallest absolute Gasteiger partial charge is 0.143 e. The van der Waals surface area contributed by atoms with Crippen LogP contribution in [0, 0.1) is 19.1 Å². The second-order valence-electron chi connectivity index (χ2n) is 12.1. The third-order valence-electron chi connectivity index (χ3n) is 8.75. The van der Waals surface area contributed by atoms with Gasteiger partial charge in [0.15, 0.2) is 0 Å². The van der Waals surface area contributed by atoms with Crippen LogP contribution in [0.25, 0.3) is 77.8 Å². The van der Waals surface area contributed by atoms with Gasteiger partial charge < -0.3 is 14.4 Å². The predicted molar refractivity (Wildman–Crippen MR) is 205 cm³/mol. The van der Waals surface area contributed by atoms with E-state index in [1.807, 2.05) is 92.0 Å². The van der Waals surface area contributed by atoms with Crippen LogP contribution in [0.2, 0.25) is 0 Å². The van der Waals surface area contributed by atoms with Gasteiger partial charge in [-0.3, -0.25) is 0 Å². The minimum absolute atomic E-state index is 0. The van der Waals surface area contributed by atoms with Crippen LogP contribution in [0.3, 0.4) is 0 Å². The van der Waals surface area contributed by atoms with Crippen LogP contribution in [-0.4, -0.2) is 9.97 Å². The molecular weight excluding hydrogens is 801 g/mol. The molecule has 0 saturated carbocycles. The van der Waals surface area contributed by atoms with Crippen molar-refractivity contribution in [3.8, 4) is 55.9 Å². The van der Waals surface area contributed by atoms with E-state index in [4.69, 9.17) is 4.42 Å². The third kappa shape index (κ3) is 7.34. The molecule has 4 heteroatoms. The zero-order chi connectivity index (χ0) is 33.7. The standard InChI is InChI=1S/C35H22NO.C12H10N.Ir/c1-2-16-34-31(12-1)32-14-7-13-30(35(32)37-34)28-10-5-8-26(22-28)24-17-19-25(20-18-24)27-9-6-11-29(23-27)33-15-3-4-21-36-33;1-10-6-5-9-12(13-10)11-7-3-2-4-8-11;/h1-10,12-23H;2-7,9H,1H3;/q2*-1;. The molecule has 1 radical (unpaired) electrons. The normalized spacial score (nSPS) is 10.7. The van der Waals surface area contributed by atoms with Gasteiger partial charge in [-0.15, -0.1) is 71.3 Å². The molecule has 9 aromatic rings. The molecule has 0 N–H and O–H groups in total. The minimum atomic E-state index is 0. The van der Waals surface area contributed by atoms with Gasteiger partial charge in [0.25, 0.3) is 0 Å². The maximum Gasteiger partial charge on any atom is 0.143 e. The first-order valence-electron chi connectivity index (χ1n) is 16.6. The fraction of sp³-hybridized carbons (Fsp3) is 0.0213. The number of rotatable bonds is 5. The molecule has 3 nitrogen and oxygen atoms in total. The first-order chi connectivity index (χ1) is 24.7. The van der Waals surface area contributed by atoms with Gasteiger partial charge in [-0.25, -0.2) is 0 Å². The van der Waals surface area contributed by atoms with Crippen molar-refractivity contribution in [1.82, 2.24) is 9.97 Å². The summed E-state index contributed by atoms with van der Waals surface area (Å²) in [5, 5.41) is 2.30. The first kappa shape index (κ1) is 33.6. The van der Waals surface area contributed by atoms with Gasteiger partial charge in [-0.1, -0.05) is 103 Å². The Morgan fingerprint density at radius 1 is 0.490 bits per heavy atom. The number of para-hydroxylation sites is 2. The number of fused-ring (bicyclic) bond motifs is 3. The fourth-order valence-electron chi connectivity index (χ4n) is 6.26. The van der Waals surface area contributed by atoms with E-state index >= 15 is 0 Å². The summed E-state index contributed by atoms with van der Waals surface area (Å²) in [6.45, 7) is 1.99. The number of furan rings is 1. The van der Waals surface area contributed by atoms with E-state index in [2.05, 4.69) is 113 Å². The molecule has 0 fully saturated rings. The maximum absolute atomic E-state index is 6.28. The number of benzene rings is 6. The van der Waals surface area contributed by atoms with Crippen molar-refractivity contribution in [3.05, 3.63) is 194 Å². The monoisotopic (exact) mass is 833 g/mol. The van der Waals surface area contributed by atoms with Gasteiger partial charge in [0, 0.05) is 48.3 Å². The van der Waals surface area contributed by atoms with E-state index in [9.17, 15) is 0 Å². The van der Waals surface area contributed by atoms with Crippen molar-refractivity contribution >= 4 is 21.9 Å². The Balaban J connectivity index is 0.000000245. The van der Waals surface area contributed by atoms with E-state index in [0.29, 0.717) is 0 Å². The summed E-state index contributed by atoms with van der Waals surface area (Å²) >= 11 is 0. The van der Waals surface area contributed by atoms with Gasteiger partial charge in [0.05, 0.1) is 0 Å². The molecule has 51 heavy (non-hydrogen) atoms. The van der Waals surface area contributed by atoms with Crippen molar-refractivity contribution in [2.24, 2.45) is 0 Å². The summed E-state index contributed by atoms with van der Waals surface area (Å²) in [4.78, 5) is 8.88. The van der Waals surface area contributed by atoms with Gasteiger partial charge in [-0.05, 0) is 64.8 Å². The zero-order valence-electron chi connectivity index (χ0n) is 27.9. The van der Waals surface area contributed by atoms with Gasteiger partial charge in [0.1, 0.15) is 11.2 Å². The van der Waals surface area contributed by atoms with Crippen molar-refractivity contribution in [2.45, 2.75) is 6.92 Å². The topological polar surface area (TPSA) is 38.9 Å². The molecule has 0 aliphatic rings. The van der Waals surface area contributed by atoms with Crippen molar-refractivity contribution in [2.75, 3.05) is 0 Å². The average molecular weight is 833 g/mol. The fourth-order valence-corrected chi connectivity index (χ4v) is 6.26. The van der Waals surface area contributed by atoms with E-state index < -0.39 is 0 Å². The second kappa shape index (κ2) is 15.3. The molecule has 0 aliphatic carbocycles. The van der Waals surface area contributed by atoms with Gasteiger partial charge in [-0.2, -0.15) is 0 Å². The van der Waals surface area contributed by atoms with Crippen LogP contribution in [0.5, 0.6) is 0 Å². The average Bonchev–Trinajstić information content (AvgIpc) is 3.58. The van der Waals surface area contributed by atoms with Crippen LogP contribution >= 0.6 is 0 Å². The Bertz CT molecular complexity index is 2540. The molecule has 0 unspecified atom stereocenters. The minimum Gasteiger partial charge on any atom is -0.455 e. The van der Waals surface area contributed by atoms with E-state index in [0.717, 1.165) is 72.4 Å². The van der Waals surface area contributed by atoms with Gasteiger partial charge >= 0.3 is 0 Å². The largest absolute Gasteiger partial charge is 0.455 e. The van der Waals surface area contributed by atoms with Crippen molar-refractivity contribution < 1.29 is 24.5 Å². The summed E-state index contributed by atoms with van der Waals surface area (Å²) in [6, 6.07) is 64.5. The number of pyridine rings is 2.